The second-order valence-electron chi connectivity index (χ2n) is 8.72. The average molecular weight is 518 g/mol. The minimum atomic E-state index is -0.207. The molecule has 0 bridgehead atoms. The first-order valence-corrected chi connectivity index (χ1v) is 12.9. The zero-order valence-corrected chi connectivity index (χ0v) is 21.6. The first-order chi connectivity index (χ1) is 18.6. The smallest absolute Gasteiger partial charge is 0.291 e. The van der Waals surface area contributed by atoms with Gasteiger partial charge >= 0.3 is 0 Å². The molecule has 8 heteroatoms. The minimum Gasteiger partial charge on any atom is -0.496 e. The van der Waals surface area contributed by atoms with Crippen molar-refractivity contribution in [1.29, 1.82) is 0 Å². The van der Waals surface area contributed by atoms with Crippen molar-refractivity contribution in [2.45, 2.75) is 6.92 Å². The highest BCUT2D eigenvalue weighted by Crippen LogP contribution is 2.29. The van der Waals surface area contributed by atoms with E-state index in [-0.39, 0.29) is 5.56 Å². The quantitative estimate of drug-likeness (QED) is 0.310. The molecule has 0 aliphatic rings. The molecule has 0 saturated heterocycles. The highest BCUT2D eigenvalue weighted by molar-refractivity contribution is 7.15. The maximum atomic E-state index is 13.3. The molecule has 6 rings (SSSR count). The third kappa shape index (κ3) is 4.53. The SMILES string of the molecule is COc1ccc(-c2nn(-c3ccccc3)cc2/C=c2\sc3nc(/C=C/c4ccccc4)nn3c2=O)cc1C. The average Bonchev–Trinajstić information content (AvgIpc) is 3.63. The van der Waals surface area contributed by atoms with Crippen molar-refractivity contribution in [3.8, 4) is 22.7 Å². The molecule has 0 aliphatic heterocycles. The van der Waals surface area contributed by atoms with Gasteiger partial charge in [0.05, 0.1) is 17.3 Å². The zero-order valence-electron chi connectivity index (χ0n) is 20.8. The lowest BCUT2D eigenvalue weighted by atomic mass is 10.0. The number of fused-ring (bicyclic) bond motifs is 1. The van der Waals surface area contributed by atoms with E-state index in [9.17, 15) is 4.79 Å². The molecule has 0 radical (unpaired) electrons. The van der Waals surface area contributed by atoms with Crippen LogP contribution in [0.25, 0.3) is 40.1 Å². The van der Waals surface area contributed by atoms with E-state index in [0.717, 1.165) is 39.4 Å². The molecule has 0 aliphatic carbocycles. The second kappa shape index (κ2) is 9.91. The van der Waals surface area contributed by atoms with Gasteiger partial charge in [0.1, 0.15) is 11.4 Å². The van der Waals surface area contributed by atoms with E-state index in [2.05, 4.69) is 10.1 Å². The molecular formula is C30H23N5O2S. The highest BCUT2D eigenvalue weighted by Gasteiger charge is 2.15. The van der Waals surface area contributed by atoms with Crippen LogP contribution in [0.15, 0.2) is 89.9 Å². The third-order valence-corrected chi connectivity index (χ3v) is 7.10. The van der Waals surface area contributed by atoms with Gasteiger partial charge < -0.3 is 4.74 Å². The van der Waals surface area contributed by atoms with Gasteiger partial charge in [-0.25, -0.2) is 4.68 Å². The molecule has 186 valence electrons. The van der Waals surface area contributed by atoms with E-state index in [4.69, 9.17) is 9.84 Å². The number of rotatable bonds is 6. The Morgan fingerprint density at radius 3 is 2.39 bits per heavy atom. The Kier molecular flexibility index (Phi) is 6.15. The number of ether oxygens (including phenoxy) is 1. The van der Waals surface area contributed by atoms with Gasteiger partial charge in [-0.2, -0.15) is 14.6 Å². The molecule has 0 atom stereocenters. The minimum absolute atomic E-state index is 0.207. The van der Waals surface area contributed by atoms with Crippen molar-refractivity contribution in [3.05, 3.63) is 122 Å². The number of methoxy groups -OCH3 is 1. The van der Waals surface area contributed by atoms with E-state index in [1.807, 2.05) is 115 Å². The monoisotopic (exact) mass is 517 g/mol. The van der Waals surface area contributed by atoms with Crippen LogP contribution in [0.1, 0.15) is 22.5 Å². The van der Waals surface area contributed by atoms with Crippen molar-refractivity contribution in [1.82, 2.24) is 24.4 Å². The summed E-state index contributed by atoms with van der Waals surface area (Å²) in [5.74, 6) is 1.31. The number of aromatic nitrogens is 5. The van der Waals surface area contributed by atoms with Gasteiger partial charge in [0.25, 0.3) is 5.56 Å². The fraction of sp³-hybridized carbons (Fsp3) is 0.0667. The largest absolute Gasteiger partial charge is 0.496 e. The van der Waals surface area contributed by atoms with Crippen LogP contribution in [0.5, 0.6) is 5.75 Å². The van der Waals surface area contributed by atoms with Crippen molar-refractivity contribution < 1.29 is 4.74 Å². The summed E-state index contributed by atoms with van der Waals surface area (Å²) >= 11 is 1.31. The number of para-hydroxylation sites is 1. The summed E-state index contributed by atoms with van der Waals surface area (Å²) in [6.45, 7) is 2.00. The molecule has 6 aromatic rings. The topological polar surface area (TPSA) is 74.3 Å². The van der Waals surface area contributed by atoms with Gasteiger partial charge in [-0.3, -0.25) is 4.79 Å². The van der Waals surface area contributed by atoms with E-state index in [1.165, 1.54) is 15.9 Å². The number of thiazole rings is 1. The number of nitrogens with zero attached hydrogens (tertiary/aromatic N) is 5. The summed E-state index contributed by atoms with van der Waals surface area (Å²) in [6.07, 6.45) is 7.54. The lowest BCUT2D eigenvalue weighted by Gasteiger charge is -2.06. The molecule has 3 heterocycles. The molecule has 38 heavy (non-hydrogen) atoms. The van der Waals surface area contributed by atoms with Crippen LogP contribution in [0.4, 0.5) is 0 Å². The van der Waals surface area contributed by atoms with Gasteiger partial charge in [-0.1, -0.05) is 65.9 Å². The Hall–Kier alpha value is -4.82. The van der Waals surface area contributed by atoms with E-state index < -0.39 is 0 Å². The molecular weight excluding hydrogens is 494 g/mol. The standard InChI is InChI=1S/C30H23N5O2S/c1-20-17-22(14-15-25(20)37-2)28-23(19-34(33-28)24-11-7-4-8-12-24)18-26-29(36)35-30(38-26)31-27(32-35)16-13-21-9-5-3-6-10-21/h3-19H,1-2H3/b16-13+,26-18-. The van der Waals surface area contributed by atoms with Gasteiger partial charge in [0, 0.05) is 17.3 Å². The fourth-order valence-electron chi connectivity index (χ4n) is 4.25. The van der Waals surface area contributed by atoms with E-state index >= 15 is 0 Å². The summed E-state index contributed by atoms with van der Waals surface area (Å²) in [6, 6.07) is 25.8. The molecule has 3 aromatic carbocycles. The number of aryl methyl sites for hydroxylation is 1. The molecule has 0 saturated carbocycles. The second-order valence-corrected chi connectivity index (χ2v) is 9.73. The van der Waals surface area contributed by atoms with Crippen molar-refractivity contribution in [3.63, 3.8) is 0 Å². The van der Waals surface area contributed by atoms with Crippen LogP contribution < -0.4 is 14.8 Å². The Morgan fingerprint density at radius 2 is 1.68 bits per heavy atom. The summed E-state index contributed by atoms with van der Waals surface area (Å²) < 4.78 is 9.16. The van der Waals surface area contributed by atoms with Gasteiger partial charge in [-0.15, -0.1) is 5.10 Å². The number of hydrogen-bond donors (Lipinski definition) is 0. The predicted molar refractivity (Wildman–Crippen MR) is 152 cm³/mol. The van der Waals surface area contributed by atoms with E-state index in [0.29, 0.717) is 15.3 Å². The van der Waals surface area contributed by atoms with Crippen LogP contribution in [0, 0.1) is 6.92 Å². The maximum Gasteiger partial charge on any atom is 0.291 e. The lowest BCUT2D eigenvalue weighted by molar-refractivity contribution is 0.412. The van der Waals surface area contributed by atoms with Crippen LogP contribution in [0.2, 0.25) is 0 Å². The predicted octanol–water partition coefficient (Wildman–Crippen LogP) is 5.04. The molecule has 0 unspecified atom stereocenters. The Balaban J connectivity index is 1.43. The number of hydrogen-bond acceptors (Lipinski definition) is 6. The van der Waals surface area contributed by atoms with E-state index in [1.54, 1.807) is 7.11 Å². The van der Waals surface area contributed by atoms with Crippen LogP contribution in [0.3, 0.4) is 0 Å². The molecule has 0 N–H and O–H groups in total. The Bertz CT molecular complexity index is 1890. The molecule has 3 aromatic heterocycles. The summed E-state index contributed by atoms with van der Waals surface area (Å²) in [5.41, 5.74) is 5.29. The van der Waals surface area contributed by atoms with Gasteiger partial charge in [-0.05, 0) is 60.5 Å². The molecule has 0 amide bonds. The van der Waals surface area contributed by atoms with Crippen molar-refractivity contribution in [2.24, 2.45) is 0 Å². The third-order valence-electron chi connectivity index (χ3n) is 6.14. The molecule has 0 spiro atoms. The van der Waals surface area contributed by atoms with Gasteiger partial charge in [0.15, 0.2) is 5.82 Å². The van der Waals surface area contributed by atoms with Crippen LogP contribution in [-0.4, -0.2) is 31.5 Å². The normalized spacial score (nSPS) is 12.1. The van der Waals surface area contributed by atoms with Gasteiger partial charge in [0.2, 0.25) is 4.96 Å². The highest BCUT2D eigenvalue weighted by atomic mass is 32.1. The van der Waals surface area contributed by atoms with Crippen LogP contribution in [-0.2, 0) is 0 Å². The fourth-order valence-corrected chi connectivity index (χ4v) is 5.16. The maximum absolute atomic E-state index is 13.3. The Labute approximate surface area is 222 Å². The Morgan fingerprint density at radius 1 is 0.921 bits per heavy atom. The van der Waals surface area contributed by atoms with Crippen molar-refractivity contribution >= 4 is 34.5 Å². The number of benzene rings is 3. The zero-order chi connectivity index (χ0) is 26.1. The first-order valence-electron chi connectivity index (χ1n) is 12.0. The summed E-state index contributed by atoms with van der Waals surface area (Å²) in [7, 11) is 1.66. The lowest BCUT2D eigenvalue weighted by Crippen LogP contribution is -2.23. The molecule has 0 fully saturated rings. The van der Waals surface area contributed by atoms with Crippen LogP contribution >= 0.6 is 11.3 Å². The summed E-state index contributed by atoms with van der Waals surface area (Å²) in [4.78, 5) is 18.3. The van der Waals surface area contributed by atoms with Crippen molar-refractivity contribution in [2.75, 3.05) is 7.11 Å². The summed E-state index contributed by atoms with van der Waals surface area (Å²) in [5, 5.41) is 9.30. The first kappa shape index (κ1) is 23.6. The molecule has 7 nitrogen and oxygen atoms in total.